The Bertz CT molecular complexity index is 909. The maximum Gasteiger partial charge on any atom is 0.227 e. The molecule has 0 spiro atoms. The molecule has 0 unspecified atom stereocenters. The summed E-state index contributed by atoms with van der Waals surface area (Å²) in [6.07, 6.45) is 3.55. The van der Waals surface area contributed by atoms with Gasteiger partial charge in [0.05, 0.1) is 13.0 Å². The van der Waals surface area contributed by atoms with E-state index in [1.807, 2.05) is 37.3 Å². The average Bonchev–Trinajstić information content (AvgIpc) is 3.16. The van der Waals surface area contributed by atoms with Crippen molar-refractivity contribution in [2.75, 3.05) is 36.5 Å². The number of hydrogen-bond donors (Lipinski definition) is 1. The summed E-state index contributed by atoms with van der Waals surface area (Å²) >= 11 is 0. The molecule has 4 rings (SSSR count). The number of aryl methyl sites for hydroxylation is 1. The number of benzene rings is 1. The molecule has 30 heavy (non-hydrogen) atoms. The van der Waals surface area contributed by atoms with Crippen LogP contribution in [0.15, 0.2) is 36.7 Å². The van der Waals surface area contributed by atoms with Crippen molar-refractivity contribution in [1.29, 1.82) is 0 Å². The van der Waals surface area contributed by atoms with Crippen LogP contribution in [0.4, 0.5) is 11.5 Å². The van der Waals surface area contributed by atoms with Gasteiger partial charge in [0.2, 0.25) is 11.8 Å². The Morgan fingerprint density at radius 1 is 1.17 bits per heavy atom. The van der Waals surface area contributed by atoms with Gasteiger partial charge < -0.3 is 19.9 Å². The molecule has 0 aliphatic carbocycles. The third-order valence-electron chi connectivity index (χ3n) is 5.83. The Morgan fingerprint density at radius 3 is 2.57 bits per heavy atom. The first kappa shape index (κ1) is 20.1. The zero-order valence-corrected chi connectivity index (χ0v) is 17.4. The lowest BCUT2D eigenvalue weighted by Crippen LogP contribution is -2.47. The first-order chi connectivity index (χ1) is 14.5. The largest absolute Gasteiger partial charge is 0.497 e. The molecule has 2 aliphatic rings. The summed E-state index contributed by atoms with van der Waals surface area (Å²) < 4.78 is 5.17. The Labute approximate surface area is 176 Å². The first-order valence-electron chi connectivity index (χ1n) is 10.3. The molecule has 8 heteroatoms. The second-order valence-corrected chi connectivity index (χ2v) is 7.89. The molecular formula is C22H27N5O3. The molecule has 0 saturated carbocycles. The second kappa shape index (κ2) is 8.69. The average molecular weight is 409 g/mol. The van der Waals surface area contributed by atoms with E-state index in [1.54, 1.807) is 18.3 Å². The van der Waals surface area contributed by atoms with Gasteiger partial charge in [-0.3, -0.25) is 9.59 Å². The van der Waals surface area contributed by atoms with Crippen molar-refractivity contribution in [1.82, 2.24) is 15.3 Å². The minimum atomic E-state index is -0.317. The molecule has 2 fully saturated rings. The number of rotatable bonds is 5. The second-order valence-electron chi connectivity index (χ2n) is 7.89. The number of carbonyl (C=O) groups is 2. The van der Waals surface area contributed by atoms with Crippen molar-refractivity contribution in [3.8, 4) is 5.75 Å². The SMILES string of the molecule is COc1ccc(N2C[C@@H](C(=O)NC3CCN(c4cc(C)ncn4)CC3)CC2=O)cc1. The van der Waals surface area contributed by atoms with Crippen molar-refractivity contribution in [2.45, 2.75) is 32.2 Å². The number of anilines is 2. The van der Waals surface area contributed by atoms with E-state index < -0.39 is 0 Å². The van der Waals surface area contributed by atoms with E-state index in [-0.39, 0.29) is 30.2 Å². The number of nitrogens with one attached hydrogen (secondary N) is 1. The highest BCUT2D eigenvalue weighted by Crippen LogP contribution is 2.27. The van der Waals surface area contributed by atoms with Crippen LogP contribution in [0.1, 0.15) is 25.0 Å². The number of hydrogen-bond acceptors (Lipinski definition) is 6. The highest BCUT2D eigenvalue weighted by Gasteiger charge is 2.36. The molecule has 8 nitrogen and oxygen atoms in total. The number of ether oxygens (including phenoxy) is 1. The van der Waals surface area contributed by atoms with E-state index in [9.17, 15) is 9.59 Å². The minimum Gasteiger partial charge on any atom is -0.497 e. The number of methoxy groups -OCH3 is 1. The Morgan fingerprint density at radius 2 is 1.90 bits per heavy atom. The van der Waals surface area contributed by atoms with Gasteiger partial charge in [-0.1, -0.05) is 0 Å². The van der Waals surface area contributed by atoms with Gasteiger partial charge in [-0.05, 0) is 44.0 Å². The number of nitrogens with zero attached hydrogens (tertiary/aromatic N) is 4. The van der Waals surface area contributed by atoms with E-state index in [2.05, 4.69) is 20.2 Å². The zero-order valence-electron chi connectivity index (χ0n) is 17.4. The Hall–Kier alpha value is -3.16. The van der Waals surface area contributed by atoms with Crippen LogP contribution in [0.3, 0.4) is 0 Å². The summed E-state index contributed by atoms with van der Waals surface area (Å²) in [4.78, 5) is 37.6. The quantitative estimate of drug-likeness (QED) is 0.812. The lowest BCUT2D eigenvalue weighted by atomic mass is 10.0. The van der Waals surface area contributed by atoms with Gasteiger partial charge in [-0.25, -0.2) is 9.97 Å². The summed E-state index contributed by atoms with van der Waals surface area (Å²) in [5.74, 6) is 1.30. The number of carbonyl (C=O) groups excluding carboxylic acids is 2. The number of amides is 2. The normalized spacial score (nSPS) is 19.8. The number of aromatic nitrogens is 2. The molecule has 2 aromatic rings. The van der Waals surface area contributed by atoms with Gasteiger partial charge in [0.25, 0.3) is 0 Å². The van der Waals surface area contributed by atoms with Crippen LogP contribution in [-0.4, -0.2) is 54.6 Å². The highest BCUT2D eigenvalue weighted by atomic mass is 16.5. The van der Waals surface area contributed by atoms with Crippen molar-refractivity contribution >= 4 is 23.3 Å². The van der Waals surface area contributed by atoms with E-state index in [4.69, 9.17) is 4.74 Å². The van der Waals surface area contributed by atoms with Gasteiger partial charge in [0.1, 0.15) is 17.9 Å². The molecule has 3 heterocycles. The van der Waals surface area contributed by atoms with Crippen LogP contribution < -0.4 is 19.9 Å². The predicted octanol–water partition coefficient (Wildman–Crippen LogP) is 1.93. The van der Waals surface area contributed by atoms with E-state index in [0.29, 0.717) is 6.54 Å². The monoisotopic (exact) mass is 409 g/mol. The maximum absolute atomic E-state index is 12.8. The standard InChI is InChI=1S/C22H27N5O3/c1-15-11-20(24-14-23-15)26-9-7-17(8-10-26)25-22(29)16-12-21(28)27(13-16)18-3-5-19(30-2)6-4-18/h3-6,11,14,16-17H,7-10,12-13H2,1-2H3,(H,25,29)/t16-/m0/s1. The number of piperidine rings is 1. The minimum absolute atomic E-state index is 0.0192. The molecule has 0 radical (unpaired) electrons. The fourth-order valence-corrected chi connectivity index (χ4v) is 4.08. The zero-order chi connectivity index (χ0) is 21.1. The molecule has 2 aliphatic heterocycles. The fourth-order valence-electron chi connectivity index (χ4n) is 4.08. The summed E-state index contributed by atoms with van der Waals surface area (Å²) in [6.45, 7) is 4.04. The molecule has 1 N–H and O–H groups in total. The van der Waals surface area contributed by atoms with Crippen LogP contribution in [-0.2, 0) is 9.59 Å². The van der Waals surface area contributed by atoms with Gasteiger partial charge in [-0.2, -0.15) is 0 Å². The first-order valence-corrected chi connectivity index (χ1v) is 10.3. The topological polar surface area (TPSA) is 87.7 Å². The Balaban J connectivity index is 1.30. The van der Waals surface area contributed by atoms with Crippen LogP contribution in [0.2, 0.25) is 0 Å². The highest BCUT2D eigenvalue weighted by molar-refractivity contribution is 6.00. The summed E-state index contributed by atoms with van der Waals surface area (Å²) in [5.41, 5.74) is 1.74. The molecule has 1 atom stereocenters. The van der Waals surface area contributed by atoms with Gasteiger partial charge in [0, 0.05) is 49.5 Å². The predicted molar refractivity (Wildman–Crippen MR) is 114 cm³/mol. The van der Waals surface area contributed by atoms with E-state index >= 15 is 0 Å². The molecular weight excluding hydrogens is 382 g/mol. The van der Waals surface area contributed by atoms with Crippen molar-refractivity contribution in [2.24, 2.45) is 5.92 Å². The molecule has 0 bridgehead atoms. The third kappa shape index (κ3) is 4.37. The van der Waals surface area contributed by atoms with Gasteiger partial charge in [0.15, 0.2) is 0 Å². The molecule has 2 amide bonds. The van der Waals surface area contributed by atoms with Crippen LogP contribution in [0.5, 0.6) is 5.75 Å². The Kier molecular flexibility index (Phi) is 5.83. The van der Waals surface area contributed by atoms with Crippen molar-refractivity contribution in [3.63, 3.8) is 0 Å². The summed E-state index contributed by atoms with van der Waals surface area (Å²) in [5, 5.41) is 3.16. The van der Waals surface area contributed by atoms with Crippen LogP contribution >= 0.6 is 0 Å². The fraction of sp³-hybridized carbons (Fsp3) is 0.455. The molecule has 2 saturated heterocycles. The smallest absolute Gasteiger partial charge is 0.227 e. The lowest BCUT2D eigenvalue weighted by molar-refractivity contribution is -0.127. The van der Waals surface area contributed by atoms with Gasteiger partial charge in [-0.15, -0.1) is 0 Å². The molecule has 158 valence electrons. The van der Waals surface area contributed by atoms with Crippen LogP contribution in [0.25, 0.3) is 0 Å². The van der Waals surface area contributed by atoms with E-state index in [1.165, 1.54) is 0 Å². The van der Waals surface area contributed by atoms with E-state index in [0.717, 1.165) is 48.9 Å². The molecule has 1 aromatic heterocycles. The summed E-state index contributed by atoms with van der Waals surface area (Å²) in [6, 6.07) is 9.45. The molecule has 1 aromatic carbocycles. The van der Waals surface area contributed by atoms with Crippen molar-refractivity contribution < 1.29 is 14.3 Å². The summed E-state index contributed by atoms with van der Waals surface area (Å²) in [7, 11) is 1.61. The maximum atomic E-state index is 12.8. The lowest BCUT2D eigenvalue weighted by Gasteiger charge is -2.33. The van der Waals surface area contributed by atoms with Crippen molar-refractivity contribution in [3.05, 3.63) is 42.4 Å². The van der Waals surface area contributed by atoms with Crippen LogP contribution in [0, 0.1) is 12.8 Å². The van der Waals surface area contributed by atoms with Gasteiger partial charge >= 0.3 is 0 Å². The third-order valence-corrected chi connectivity index (χ3v) is 5.83.